The van der Waals surface area contributed by atoms with Crippen LogP contribution < -0.4 is 9.47 Å². The van der Waals surface area contributed by atoms with E-state index in [9.17, 15) is 56.4 Å². The molecule has 4 aromatic carbocycles. The van der Waals surface area contributed by atoms with Crippen LogP contribution >= 0.6 is 15.9 Å². The van der Waals surface area contributed by atoms with E-state index < -0.39 is 63.0 Å². The highest BCUT2D eigenvalue weighted by Crippen LogP contribution is 2.59. The summed E-state index contributed by atoms with van der Waals surface area (Å²) in [7, 11) is 0. The molecule has 0 saturated heterocycles. The lowest BCUT2D eigenvalue weighted by Gasteiger charge is -2.29. The quantitative estimate of drug-likeness (QED) is 0.0634. The number of ether oxygens (including phenoxy) is 4. The van der Waals surface area contributed by atoms with Gasteiger partial charge in [0.1, 0.15) is 22.7 Å². The summed E-state index contributed by atoms with van der Waals surface area (Å²) < 4.78 is 111. The summed E-state index contributed by atoms with van der Waals surface area (Å²) in [6, 6.07) is 19.1. The Morgan fingerprint density at radius 3 is 1.40 bits per heavy atom. The first-order valence-electron chi connectivity index (χ1n) is 26.0. The van der Waals surface area contributed by atoms with Crippen molar-refractivity contribution in [1.29, 1.82) is 0 Å². The molecule has 8 rings (SSSR count). The smallest absolute Gasteiger partial charge is 0.425 e. The Bertz CT molecular complexity index is 3240. The van der Waals surface area contributed by atoms with Crippen molar-refractivity contribution in [2.75, 3.05) is 13.2 Å². The van der Waals surface area contributed by atoms with E-state index in [-0.39, 0.29) is 70.5 Å². The predicted molar refractivity (Wildman–Crippen MR) is 296 cm³/mol. The van der Waals surface area contributed by atoms with Gasteiger partial charge in [-0.2, -0.15) is 36.5 Å². The fourth-order valence-corrected chi connectivity index (χ4v) is 9.51. The number of nitrogens with zero attached hydrogens (tertiary/aromatic N) is 4. The summed E-state index contributed by atoms with van der Waals surface area (Å²) >= 11 is 3.31. The number of carbonyl (C=O) groups is 2. The molecule has 2 atom stereocenters. The molecule has 2 heterocycles. The summed E-state index contributed by atoms with van der Waals surface area (Å²) in [4.78, 5) is 24.8. The van der Waals surface area contributed by atoms with Gasteiger partial charge in [-0.15, -0.1) is 0 Å². The van der Waals surface area contributed by atoms with Crippen LogP contribution in [0.5, 0.6) is 11.5 Å². The molecule has 0 fully saturated rings. The monoisotopic (exact) mass is 1200 g/mol. The Kier molecular flexibility index (Phi) is 17.7. The van der Waals surface area contributed by atoms with Gasteiger partial charge >= 0.3 is 24.3 Å². The lowest BCUT2D eigenvalue weighted by Crippen LogP contribution is -2.41. The summed E-state index contributed by atoms with van der Waals surface area (Å²) in [6.07, 6.45) is -2.96. The molecule has 4 N–H and O–H groups in total. The first kappa shape index (κ1) is 63.9. The van der Waals surface area contributed by atoms with Crippen molar-refractivity contribution in [3.8, 4) is 44.9 Å². The molecule has 0 unspecified atom stereocenters. The number of aromatic nitrogens is 4. The maximum Gasteiger partial charge on any atom is 0.425 e. The zero-order chi connectivity index (χ0) is 60.9. The Balaban J connectivity index is 0.000000219. The summed E-state index contributed by atoms with van der Waals surface area (Å²) in [5, 5.41) is 50.2. The van der Waals surface area contributed by atoms with Crippen molar-refractivity contribution in [3.63, 3.8) is 0 Å². The number of hydrogen-bond donors (Lipinski definition) is 4. The fourth-order valence-electron chi connectivity index (χ4n) is 8.86. The highest BCUT2D eigenvalue weighted by atomic mass is 79.9. The molecule has 2 aliphatic rings. The molecule has 0 spiro atoms. The van der Waals surface area contributed by atoms with Crippen molar-refractivity contribution in [2.45, 2.75) is 167 Å². The van der Waals surface area contributed by atoms with E-state index in [1.165, 1.54) is 53.3 Å². The van der Waals surface area contributed by atoms with E-state index in [0.29, 0.717) is 33.1 Å². The van der Waals surface area contributed by atoms with Gasteiger partial charge in [0.25, 0.3) is 0 Å². The number of alkyl halides is 6. The summed E-state index contributed by atoms with van der Waals surface area (Å²) in [5.74, 6) is -0.526. The molecular weight excluding hydrogens is 1130 g/mol. The zero-order valence-corrected chi connectivity index (χ0v) is 49.4. The molecule has 0 radical (unpaired) electrons. The number of rotatable bonds is 13. The average Bonchev–Trinajstić information content (AvgIpc) is 2.87. The highest BCUT2D eigenvalue weighted by molar-refractivity contribution is 9.10. The van der Waals surface area contributed by atoms with E-state index in [1.807, 2.05) is 20.8 Å². The van der Waals surface area contributed by atoms with E-state index in [1.54, 1.807) is 136 Å². The number of halogens is 7. The van der Waals surface area contributed by atoms with E-state index in [0.717, 1.165) is 0 Å². The van der Waals surface area contributed by atoms with Crippen LogP contribution in [0, 0.1) is 0 Å². The number of hydrogen-bond acceptors (Lipinski definition) is 12. The largest absolute Gasteiger partial charge is 0.493 e. The number of aliphatic hydroxyl groups is 4. The Labute approximate surface area is 476 Å². The van der Waals surface area contributed by atoms with Gasteiger partial charge in [0.2, 0.25) is 11.2 Å². The number of fused-ring (bicyclic) bond motifs is 6. The van der Waals surface area contributed by atoms with E-state index in [4.69, 9.17) is 18.9 Å². The van der Waals surface area contributed by atoms with Crippen LogP contribution in [0.4, 0.5) is 26.3 Å². The molecule has 0 bridgehead atoms. The molecule has 0 aliphatic heterocycles. The molecule has 6 aromatic rings. The van der Waals surface area contributed by atoms with E-state index in [2.05, 4.69) is 26.1 Å². The second kappa shape index (κ2) is 22.5. The molecule has 14 nitrogen and oxygen atoms in total. The first-order valence-corrected chi connectivity index (χ1v) is 26.8. The number of esters is 2. The topological polar surface area (TPSA) is 188 Å². The fraction of sp³-hybridized carbons (Fsp3) is 0.467. The highest BCUT2D eigenvalue weighted by Gasteiger charge is 2.62. The van der Waals surface area contributed by atoms with Crippen molar-refractivity contribution in [2.24, 2.45) is 0 Å². The second-order valence-corrected chi connectivity index (χ2v) is 25.2. The Morgan fingerprint density at radius 2 is 0.975 bits per heavy atom. The third-order valence-electron chi connectivity index (χ3n) is 13.3. The standard InChI is InChI=1S/C30H35F3N2O5.C19H18BrF3O3.C11H18N2O2/c1-26(2,3)40-25(36)28(6,7)35-17-18(16-34-35)21-14-19(39-13-12-27(4,5)37)15-23-24(21)20-10-8-9-11-22(20)29(23,38)30(31,32)33;1-17(2,24)7-8-26-11-9-14-16(15(20)10-11)12-5-3-4-6-13(12)18(14,25)19(21,22)23;1-10(2,3)15-9(14)11(4,5)13-8-6-7-12-13/h8-11,14-17,37-38H,12-13H2,1-7H3;3-6,9-10,24-25H,7-8H2,1-2H3;6-8H,1-5H3/t29-;18-;/m11./s1. The molecule has 81 heavy (non-hydrogen) atoms. The minimum Gasteiger partial charge on any atom is -0.493 e. The van der Waals surface area contributed by atoms with Crippen molar-refractivity contribution in [3.05, 3.63) is 130 Å². The molecule has 0 amide bonds. The van der Waals surface area contributed by atoms with Crippen LogP contribution in [0.15, 0.2) is 108 Å². The summed E-state index contributed by atoms with van der Waals surface area (Å²) in [6.45, 7) is 24.3. The van der Waals surface area contributed by atoms with E-state index >= 15 is 0 Å². The van der Waals surface area contributed by atoms with Crippen molar-refractivity contribution < 1.29 is 75.3 Å². The van der Waals surface area contributed by atoms with Crippen molar-refractivity contribution >= 4 is 27.9 Å². The van der Waals surface area contributed by atoms with Crippen LogP contribution in [0.25, 0.3) is 33.4 Å². The van der Waals surface area contributed by atoms with Gasteiger partial charge in [0, 0.05) is 69.3 Å². The number of benzene rings is 4. The van der Waals surface area contributed by atoms with Crippen LogP contribution in [-0.2, 0) is 41.3 Å². The van der Waals surface area contributed by atoms with Gasteiger partial charge < -0.3 is 39.4 Å². The molecular formula is C60H71BrF6N4O10. The van der Waals surface area contributed by atoms with Crippen LogP contribution in [0.3, 0.4) is 0 Å². The number of carbonyl (C=O) groups excluding carboxylic acids is 2. The second-order valence-electron chi connectivity index (χ2n) is 24.3. The van der Waals surface area contributed by atoms with Gasteiger partial charge in [-0.05, 0) is 150 Å². The van der Waals surface area contributed by atoms with Gasteiger partial charge in [-0.3, -0.25) is 9.36 Å². The average molecular weight is 1200 g/mol. The minimum absolute atomic E-state index is 0.0318. The van der Waals surface area contributed by atoms with Gasteiger partial charge in [-0.1, -0.05) is 64.5 Å². The van der Waals surface area contributed by atoms with Gasteiger partial charge in [-0.25, -0.2) is 9.59 Å². The zero-order valence-electron chi connectivity index (χ0n) is 47.8. The predicted octanol–water partition coefficient (Wildman–Crippen LogP) is 12.7. The molecule has 2 aliphatic carbocycles. The lowest BCUT2D eigenvalue weighted by molar-refractivity contribution is -0.247. The van der Waals surface area contributed by atoms with Crippen LogP contribution in [0.2, 0.25) is 0 Å². The van der Waals surface area contributed by atoms with Gasteiger partial charge in [0.05, 0.1) is 30.6 Å². The van der Waals surface area contributed by atoms with Crippen molar-refractivity contribution in [1.82, 2.24) is 19.6 Å². The maximum absolute atomic E-state index is 14.6. The summed E-state index contributed by atoms with van der Waals surface area (Å²) in [5.41, 5.74) is -10.8. The third-order valence-corrected chi connectivity index (χ3v) is 13.9. The molecule has 21 heteroatoms. The Hall–Kier alpha value is -6.26. The first-order chi connectivity index (χ1) is 36.9. The van der Waals surface area contributed by atoms with Crippen LogP contribution in [0.1, 0.15) is 132 Å². The van der Waals surface area contributed by atoms with Crippen LogP contribution in [-0.4, -0.2) is 99.9 Å². The van der Waals surface area contributed by atoms with Gasteiger partial charge in [0.15, 0.2) is 11.1 Å². The lowest BCUT2D eigenvalue weighted by atomic mass is 9.89. The maximum atomic E-state index is 14.6. The molecule has 440 valence electrons. The minimum atomic E-state index is -5.03. The third kappa shape index (κ3) is 13.8. The molecule has 0 saturated carbocycles. The Morgan fingerprint density at radius 1 is 0.556 bits per heavy atom. The SMILES string of the molecule is CC(C)(C)OC(=O)C(C)(C)n1cccn1.CC(C)(O)CCOc1cc(-c2cnn(C(C)(C)C(=O)OC(C)(C)C)c2)c2c(c1)[C@@](O)(C(F)(F)F)c1ccccc1-2.CC(C)(O)CCOc1cc(Br)c2c(c1)[C@@](O)(C(F)(F)F)c1ccccc1-2. The normalized spacial score (nSPS) is 17.1. The molecule has 2 aromatic heterocycles.